The molecule has 0 radical (unpaired) electrons. The number of hydrogen-bond acceptors (Lipinski definition) is 6. The first kappa shape index (κ1) is 16.2. The Labute approximate surface area is 123 Å². The summed E-state index contributed by atoms with van der Waals surface area (Å²) in [5.41, 5.74) is 4.93. The number of carboxylic acid groups (broad SMARTS) is 1. The van der Waals surface area contributed by atoms with Crippen LogP contribution in [0.4, 0.5) is 0 Å². The zero-order valence-electron chi connectivity index (χ0n) is 11.7. The van der Waals surface area contributed by atoms with Crippen LogP contribution in [0.2, 0.25) is 0 Å². The Balaban J connectivity index is 2.19. The van der Waals surface area contributed by atoms with Crippen LogP contribution in [0.5, 0.6) is 0 Å². The van der Waals surface area contributed by atoms with E-state index < -0.39 is 39.8 Å². The van der Waals surface area contributed by atoms with Gasteiger partial charge in [-0.3, -0.25) is 9.59 Å². The Morgan fingerprint density at radius 2 is 1.95 bits per heavy atom. The van der Waals surface area contributed by atoms with Gasteiger partial charge in [-0.25, -0.2) is 8.42 Å². The maximum Gasteiger partial charge on any atom is 0.323 e. The molecule has 8 nitrogen and oxygen atoms in total. The number of carboxylic acids is 1. The number of ether oxygens (including phenoxy) is 1. The average molecular weight is 320 g/mol. The summed E-state index contributed by atoms with van der Waals surface area (Å²) < 4.78 is 28.3. The molecule has 9 heteroatoms. The Bertz CT molecular complexity index is 526. The van der Waals surface area contributed by atoms with Crippen LogP contribution in [0.25, 0.3) is 0 Å². The normalized spacial score (nSPS) is 27.2. The third kappa shape index (κ3) is 3.72. The lowest BCUT2D eigenvalue weighted by atomic mass is 9.89. The van der Waals surface area contributed by atoms with Crippen LogP contribution in [0.1, 0.15) is 19.3 Å². The first-order valence-electron chi connectivity index (χ1n) is 6.83. The lowest BCUT2D eigenvalue weighted by Gasteiger charge is -2.38. The van der Waals surface area contributed by atoms with Gasteiger partial charge >= 0.3 is 5.97 Å². The molecule has 2 rings (SSSR count). The maximum absolute atomic E-state index is 12.6. The van der Waals surface area contributed by atoms with E-state index in [1.165, 1.54) is 0 Å². The molecule has 2 aliphatic rings. The van der Waals surface area contributed by atoms with Crippen LogP contribution in [-0.2, 0) is 24.2 Å². The summed E-state index contributed by atoms with van der Waals surface area (Å²) in [6.07, 6.45) is 0.872. The molecule has 2 saturated heterocycles. The summed E-state index contributed by atoms with van der Waals surface area (Å²) in [4.78, 5) is 24.8. The fourth-order valence-electron chi connectivity index (χ4n) is 2.77. The standard InChI is InChI=1S/C12H20N2O6S/c13-12(2-4-20-5-3-12)11(17)14(7-10(15)16)9-1-6-21(18,19)8-9/h9H,1-8,13H2,(H,15,16). The zero-order chi connectivity index (χ0) is 15.7. The number of sulfone groups is 1. The molecular weight excluding hydrogens is 300 g/mol. The monoisotopic (exact) mass is 320 g/mol. The highest BCUT2D eigenvalue weighted by molar-refractivity contribution is 7.91. The van der Waals surface area contributed by atoms with E-state index in [4.69, 9.17) is 15.6 Å². The number of rotatable bonds is 4. The van der Waals surface area contributed by atoms with Gasteiger partial charge in [0.05, 0.1) is 17.0 Å². The van der Waals surface area contributed by atoms with Gasteiger partial charge in [-0.2, -0.15) is 0 Å². The third-order valence-electron chi connectivity index (χ3n) is 4.03. The molecule has 0 aliphatic carbocycles. The van der Waals surface area contributed by atoms with Crippen molar-refractivity contribution in [2.45, 2.75) is 30.8 Å². The molecule has 2 heterocycles. The molecule has 0 saturated carbocycles. The summed E-state index contributed by atoms with van der Waals surface area (Å²) in [6.45, 7) is 0.150. The molecule has 21 heavy (non-hydrogen) atoms. The van der Waals surface area contributed by atoms with E-state index >= 15 is 0 Å². The van der Waals surface area contributed by atoms with Crippen molar-refractivity contribution in [1.82, 2.24) is 4.90 Å². The summed E-state index contributed by atoms with van der Waals surface area (Å²) in [6, 6.07) is -0.609. The second kappa shape index (κ2) is 5.90. The van der Waals surface area contributed by atoms with Gasteiger partial charge in [0, 0.05) is 19.3 Å². The highest BCUT2D eigenvalue weighted by Gasteiger charge is 2.44. The Kier molecular flexibility index (Phi) is 4.54. The molecule has 3 N–H and O–H groups in total. The van der Waals surface area contributed by atoms with Gasteiger partial charge in [0.2, 0.25) is 5.91 Å². The first-order chi connectivity index (χ1) is 9.73. The number of amides is 1. The Morgan fingerprint density at radius 1 is 1.33 bits per heavy atom. The van der Waals surface area contributed by atoms with E-state index in [0.717, 1.165) is 4.90 Å². The van der Waals surface area contributed by atoms with Crippen LogP contribution in [0.3, 0.4) is 0 Å². The van der Waals surface area contributed by atoms with E-state index in [1.807, 2.05) is 0 Å². The predicted octanol–water partition coefficient (Wildman–Crippen LogP) is -1.41. The Morgan fingerprint density at radius 3 is 2.43 bits per heavy atom. The van der Waals surface area contributed by atoms with Crippen molar-refractivity contribution >= 4 is 21.7 Å². The molecular formula is C12H20N2O6S. The first-order valence-corrected chi connectivity index (χ1v) is 8.66. The number of aliphatic carboxylic acids is 1. The van der Waals surface area contributed by atoms with Crippen LogP contribution < -0.4 is 5.73 Å². The van der Waals surface area contributed by atoms with E-state index in [0.29, 0.717) is 26.1 Å². The van der Waals surface area contributed by atoms with Gasteiger partial charge in [-0.1, -0.05) is 0 Å². The van der Waals surface area contributed by atoms with E-state index in [-0.39, 0.29) is 17.9 Å². The molecule has 0 aromatic carbocycles. The molecule has 1 amide bonds. The second-order valence-corrected chi connectivity index (χ2v) is 7.88. The summed E-state index contributed by atoms with van der Waals surface area (Å²) in [5, 5.41) is 9.00. The van der Waals surface area contributed by atoms with Crippen molar-refractivity contribution in [3.8, 4) is 0 Å². The van der Waals surface area contributed by atoms with Crippen molar-refractivity contribution in [1.29, 1.82) is 0 Å². The van der Waals surface area contributed by atoms with Crippen LogP contribution >= 0.6 is 0 Å². The highest BCUT2D eigenvalue weighted by Crippen LogP contribution is 2.25. The minimum atomic E-state index is -3.21. The number of nitrogens with zero attached hydrogens (tertiary/aromatic N) is 1. The second-order valence-electron chi connectivity index (χ2n) is 5.65. The number of carbonyl (C=O) groups is 2. The van der Waals surface area contributed by atoms with Gasteiger partial charge in [0.1, 0.15) is 6.54 Å². The topological polar surface area (TPSA) is 127 Å². The third-order valence-corrected chi connectivity index (χ3v) is 5.78. The minimum absolute atomic E-state index is 0.0260. The van der Waals surface area contributed by atoms with Crippen molar-refractivity contribution < 1.29 is 27.9 Å². The Hall–Kier alpha value is -1.19. The fourth-order valence-corrected chi connectivity index (χ4v) is 4.50. The molecule has 1 unspecified atom stereocenters. The molecule has 2 fully saturated rings. The zero-order valence-corrected chi connectivity index (χ0v) is 12.5. The van der Waals surface area contributed by atoms with Crippen molar-refractivity contribution in [2.75, 3.05) is 31.3 Å². The number of carbonyl (C=O) groups excluding carboxylic acids is 1. The lowest BCUT2D eigenvalue weighted by molar-refractivity contribution is -0.150. The average Bonchev–Trinajstić information content (AvgIpc) is 2.76. The molecule has 0 spiro atoms. The van der Waals surface area contributed by atoms with Crippen LogP contribution in [0, 0.1) is 0 Å². The largest absolute Gasteiger partial charge is 0.480 e. The van der Waals surface area contributed by atoms with Gasteiger partial charge < -0.3 is 20.5 Å². The fraction of sp³-hybridized carbons (Fsp3) is 0.833. The molecule has 2 aliphatic heterocycles. The van der Waals surface area contributed by atoms with Gasteiger partial charge in [-0.15, -0.1) is 0 Å². The SMILES string of the molecule is NC1(C(=O)N(CC(=O)O)C2CCS(=O)(=O)C2)CCOCC1. The molecule has 0 aromatic heterocycles. The molecule has 0 aromatic rings. The van der Waals surface area contributed by atoms with E-state index in [9.17, 15) is 18.0 Å². The smallest absolute Gasteiger partial charge is 0.323 e. The van der Waals surface area contributed by atoms with E-state index in [1.54, 1.807) is 0 Å². The van der Waals surface area contributed by atoms with Gasteiger partial charge in [0.25, 0.3) is 0 Å². The van der Waals surface area contributed by atoms with E-state index in [2.05, 4.69) is 0 Å². The lowest BCUT2D eigenvalue weighted by Crippen LogP contribution is -2.61. The van der Waals surface area contributed by atoms with Crippen LogP contribution in [0.15, 0.2) is 0 Å². The van der Waals surface area contributed by atoms with Crippen molar-refractivity contribution in [3.05, 3.63) is 0 Å². The molecule has 120 valence electrons. The van der Waals surface area contributed by atoms with Gasteiger partial charge in [-0.05, 0) is 19.3 Å². The predicted molar refractivity (Wildman–Crippen MR) is 73.4 cm³/mol. The van der Waals surface area contributed by atoms with Crippen LogP contribution in [-0.4, -0.2) is 73.1 Å². The minimum Gasteiger partial charge on any atom is -0.480 e. The number of nitrogens with two attached hydrogens (primary N) is 1. The summed E-state index contributed by atoms with van der Waals surface area (Å²) in [7, 11) is -3.21. The maximum atomic E-state index is 12.6. The van der Waals surface area contributed by atoms with Crippen molar-refractivity contribution in [2.24, 2.45) is 5.73 Å². The number of hydrogen-bond donors (Lipinski definition) is 2. The summed E-state index contributed by atoms with van der Waals surface area (Å²) >= 11 is 0. The highest BCUT2D eigenvalue weighted by atomic mass is 32.2. The molecule has 0 bridgehead atoms. The quantitative estimate of drug-likeness (QED) is 0.651. The van der Waals surface area contributed by atoms with Gasteiger partial charge in [0.15, 0.2) is 9.84 Å². The van der Waals surface area contributed by atoms with Crippen molar-refractivity contribution in [3.63, 3.8) is 0 Å². The summed E-state index contributed by atoms with van der Waals surface area (Å²) in [5.74, 6) is -1.89. The molecule has 1 atom stereocenters.